The van der Waals surface area contributed by atoms with Crippen LogP contribution in [0.2, 0.25) is 0 Å². The standard InChI is InChI=1S/C17H13FN4O3S/c18-13(17-22-11-6-1-2-7-12(11)26-17)15(24)20-9-4-3-5-10(8-9)21-16(25)14(19)23/h1-8,13H,(H2,19,23)(H,20,24)(H,21,25). The number of halogens is 1. The number of anilines is 2. The molecule has 1 heterocycles. The van der Waals surface area contributed by atoms with Crippen molar-refractivity contribution < 1.29 is 18.8 Å². The summed E-state index contributed by atoms with van der Waals surface area (Å²) in [5.41, 5.74) is 5.98. The van der Waals surface area contributed by atoms with Crippen molar-refractivity contribution in [3.8, 4) is 0 Å². The fourth-order valence-corrected chi connectivity index (χ4v) is 3.13. The van der Waals surface area contributed by atoms with E-state index >= 15 is 0 Å². The Morgan fingerprint density at radius 3 is 2.42 bits per heavy atom. The number of primary amides is 1. The summed E-state index contributed by atoms with van der Waals surface area (Å²) in [6.07, 6.45) is -1.93. The van der Waals surface area contributed by atoms with Gasteiger partial charge in [0.05, 0.1) is 10.2 Å². The summed E-state index contributed by atoms with van der Waals surface area (Å²) >= 11 is 1.10. The smallest absolute Gasteiger partial charge is 0.313 e. The van der Waals surface area contributed by atoms with Gasteiger partial charge in [0.2, 0.25) is 6.17 Å². The van der Waals surface area contributed by atoms with E-state index in [-0.39, 0.29) is 16.4 Å². The Labute approximate surface area is 151 Å². The van der Waals surface area contributed by atoms with Crippen molar-refractivity contribution in [1.82, 2.24) is 4.98 Å². The van der Waals surface area contributed by atoms with E-state index in [1.165, 1.54) is 24.3 Å². The van der Waals surface area contributed by atoms with Crippen molar-refractivity contribution in [3.05, 3.63) is 53.5 Å². The monoisotopic (exact) mass is 372 g/mol. The number of alkyl halides is 1. The number of carbonyl (C=O) groups excluding carboxylic acids is 3. The van der Waals surface area contributed by atoms with Gasteiger partial charge in [0.1, 0.15) is 5.01 Å². The molecule has 9 heteroatoms. The van der Waals surface area contributed by atoms with Gasteiger partial charge in [-0.2, -0.15) is 0 Å². The quantitative estimate of drug-likeness (QED) is 0.610. The topological polar surface area (TPSA) is 114 Å². The van der Waals surface area contributed by atoms with Crippen molar-refractivity contribution in [2.24, 2.45) is 5.73 Å². The number of rotatable bonds is 4. The van der Waals surface area contributed by atoms with Crippen LogP contribution in [0.5, 0.6) is 0 Å². The number of amides is 3. The fraction of sp³-hybridized carbons (Fsp3) is 0.0588. The minimum Gasteiger partial charge on any atom is -0.361 e. The molecule has 0 fully saturated rings. The second-order valence-corrected chi connectivity index (χ2v) is 6.33. The van der Waals surface area contributed by atoms with Crippen LogP contribution in [0.1, 0.15) is 11.2 Å². The first-order valence-corrected chi connectivity index (χ1v) is 8.27. The minimum atomic E-state index is -1.93. The summed E-state index contributed by atoms with van der Waals surface area (Å²) in [6.45, 7) is 0. The summed E-state index contributed by atoms with van der Waals surface area (Å²) in [7, 11) is 0. The molecule has 26 heavy (non-hydrogen) atoms. The number of fused-ring (bicyclic) bond motifs is 1. The van der Waals surface area contributed by atoms with E-state index in [1.54, 1.807) is 18.2 Å². The summed E-state index contributed by atoms with van der Waals surface area (Å²) in [4.78, 5) is 38.3. The zero-order valence-electron chi connectivity index (χ0n) is 13.2. The number of nitrogens with zero attached hydrogens (tertiary/aromatic N) is 1. The lowest BCUT2D eigenvalue weighted by Crippen LogP contribution is -2.29. The molecule has 3 aromatic rings. The Hall–Kier alpha value is -3.33. The number of nitrogens with two attached hydrogens (primary N) is 1. The van der Waals surface area contributed by atoms with E-state index in [1.807, 2.05) is 6.07 Å². The molecule has 0 aliphatic carbocycles. The number of carbonyl (C=O) groups is 3. The summed E-state index contributed by atoms with van der Waals surface area (Å²) in [6, 6.07) is 13.0. The van der Waals surface area contributed by atoms with E-state index in [2.05, 4.69) is 15.6 Å². The van der Waals surface area contributed by atoms with Crippen LogP contribution in [-0.4, -0.2) is 22.7 Å². The molecule has 0 saturated heterocycles. The normalized spacial score (nSPS) is 11.7. The maximum atomic E-state index is 14.5. The Kier molecular flexibility index (Phi) is 4.90. The van der Waals surface area contributed by atoms with Gasteiger partial charge < -0.3 is 16.4 Å². The maximum Gasteiger partial charge on any atom is 0.313 e. The molecule has 0 aliphatic rings. The van der Waals surface area contributed by atoms with Gasteiger partial charge in [0.25, 0.3) is 5.91 Å². The average molecular weight is 372 g/mol. The van der Waals surface area contributed by atoms with E-state index in [4.69, 9.17) is 5.73 Å². The third-order valence-corrected chi connectivity index (χ3v) is 4.44. The number of para-hydroxylation sites is 1. The number of thiazole rings is 1. The van der Waals surface area contributed by atoms with E-state index < -0.39 is 23.9 Å². The van der Waals surface area contributed by atoms with Crippen LogP contribution in [0, 0.1) is 0 Å². The number of hydrogen-bond acceptors (Lipinski definition) is 5. The second kappa shape index (κ2) is 7.28. The van der Waals surface area contributed by atoms with Crippen molar-refractivity contribution in [2.45, 2.75) is 6.17 Å². The largest absolute Gasteiger partial charge is 0.361 e. The number of benzene rings is 2. The summed E-state index contributed by atoms with van der Waals surface area (Å²) in [5, 5.41) is 4.73. The van der Waals surface area contributed by atoms with Crippen LogP contribution in [0.15, 0.2) is 48.5 Å². The Bertz CT molecular complexity index is 971. The van der Waals surface area contributed by atoms with Crippen LogP contribution in [0.3, 0.4) is 0 Å². The first-order valence-electron chi connectivity index (χ1n) is 7.45. The van der Waals surface area contributed by atoms with Crippen LogP contribution < -0.4 is 16.4 Å². The highest BCUT2D eigenvalue weighted by atomic mass is 32.1. The lowest BCUT2D eigenvalue weighted by atomic mass is 10.2. The molecule has 1 aromatic heterocycles. The Morgan fingerprint density at radius 1 is 1.04 bits per heavy atom. The Morgan fingerprint density at radius 2 is 1.73 bits per heavy atom. The number of aromatic nitrogens is 1. The molecule has 0 bridgehead atoms. The molecular formula is C17H13FN4O3S. The summed E-state index contributed by atoms with van der Waals surface area (Å²) < 4.78 is 15.3. The summed E-state index contributed by atoms with van der Waals surface area (Å²) in [5.74, 6) is -3.02. The van der Waals surface area contributed by atoms with Crippen LogP contribution >= 0.6 is 11.3 Å². The second-order valence-electron chi connectivity index (χ2n) is 5.27. The zero-order chi connectivity index (χ0) is 18.7. The van der Waals surface area contributed by atoms with Crippen molar-refractivity contribution in [1.29, 1.82) is 0 Å². The SMILES string of the molecule is NC(=O)C(=O)Nc1cccc(NC(=O)C(F)c2nc3ccccc3s2)c1. The van der Waals surface area contributed by atoms with Gasteiger partial charge in [-0.15, -0.1) is 11.3 Å². The van der Waals surface area contributed by atoms with Gasteiger partial charge >= 0.3 is 11.8 Å². The maximum absolute atomic E-state index is 14.5. The molecule has 1 atom stereocenters. The van der Waals surface area contributed by atoms with E-state index in [0.717, 1.165) is 16.0 Å². The molecule has 0 saturated carbocycles. The molecule has 2 aromatic carbocycles. The van der Waals surface area contributed by atoms with Crippen molar-refractivity contribution >= 4 is 50.6 Å². The molecule has 132 valence electrons. The van der Waals surface area contributed by atoms with E-state index in [0.29, 0.717) is 5.52 Å². The lowest BCUT2D eigenvalue weighted by molar-refractivity contribution is -0.134. The lowest BCUT2D eigenvalue weighted by Gasteiger charge is -2.09. The predicted octanol–water partition coefficient (Wildman–Crippen LogP) is 2.37. The average Bonchev–Trinajstić information content (AvgIpc) is 3.05. The third-order valence-electron chi connectivity index (χ3n) is 3.37. The molecule has 7 nitrogen and oxygen atoms in total. The molecule has 3 rings (SSSR count). The van der Waals surface area contributed by atoms with Gasteiger partial charge in [-0.1, -0.05) is 18.2 Å². The van der Waals surface area contributed by atoms with E-state index in [9.17, 15) is 18.8 Å². The highest BCUT2D eigenvalue weighted by Crippen LogP contribution is 2.29. The molecule has 4 N–H and O–H groups in total. The predicted molar refractivity (Wildman–Crippen MR) is 96.4 cm³/mol. The molecule has 0 aliphatic heterocycles. The van der Waals surface area contributed by atoms with Gasteiger partial charge in [-0.05, 0) is 30.3 Å². The number of hydrogen-bond donors (Lipinski definition) is 3. The number of nitrogens with one attached hydrogen (secondary N) is 2. The molecular weight excluding hydrogens is 359 g/mol. The van der Waals surface area contributed by atoms with Crippen molar-refractivity contribution in [3.63, 3.8) is 0 Å². The van der Waals surface area contributed by atoms with Crippen LogP contribution in [0.4, 0.5) is 15.8 Å². The highest BCUT2D eigenvalue weighted by molar-refractivity contribution is 7.18. The molecule has 0 radical (unpaired) electrons. The highest BCUT2D eigenvalue weighted by Gasteiger charge is 2.24. The fourth-order valence-electron chi connectivity index (χ4n) is 2.18. The van der Waals surface area contributed by atoms with Crippen LogP contribution in [-0.2, 0) is 14.4 Å². The third kappa shape index (κ3) is 3.83. The van der Waals surface area contributed by atoms with Crippen LogP contribution in [0.25, 0.3) is 10.2 Å². The Balaban J connectivity index is 1.72. The molecule has 3 amide bonds. The van der Waals surface area contributed by atoms with Crippen molar-refractivity contribution in [2.75, 3.05) is 10.6 Å². The minimum absolute atomic E-state index is 0.0573. The van der Waals surface area contributed by atoms with Gasteiger partial charge in [-0.25, -0.2) is 9.37 Å². The van der Waals surface area contributed by atoms with Gasteiger partial charge in [-0.3, -0.25) is 14.4 Å². The molecule has 0 spiro atoms. The van der Waals surface area contributed by atoms with Gasteiger partial charge in [0.15, 0.2) is 0 Å². The zero-order valence-corrected chi connectivity index (χ0v) is 14.0. The first kappa shape index (κ1) is 17.5. The van der Waals surface area contributed by atoms with Gasteiger partial charge in [0, 0.05) is 11.4 Å². The molecule has 1 unspecified atom stereocenters. The first-order chi connectivity index (χ1) is 12.4.